The zero-order chi connectivity index (χ0) is 8.81. The van der Waals surface area contributed by atoms with Gasteiger partial charge in [-0.05, 0) is 0 Å². The Balaban J connectivity index is 2.04. The molecule has 1 nitrogen and oxygen atoms in total. The van der Waals surface area contributed by atoms with Gasteiger partial charge in [0.25, 0.3) is 0 Å². The Morgan fingerprint density at radius 3 is 2.92 bits per heavy atom. The fraction of sp³-hybridized carbons (Fsp3) is 0.600. The van der Waals surface area contributed by atoms with Gasteiger partial charge in [0.15, 0.2) is 0 Å². The number of aryl methyl sites for hydroxylation is 1. The van der Waals surface area contributed by atoms with Crippen molar-refractivity contribution >= 4 is 16.0 Å². The Morgan fingerprint density at radius 2 is 2.33 bits per heavy atom. The third-order valence-electron chi connectivity index (χ3n) is 1.92. The van der Waals surface area contributed by atoms with E-state index in [4.69, 9.17) is 4.42 Å². The Bertz CT molecular complexity index is 192. The van der Waals surface area contributed by atoms with E-state index in [1.807, 2.05) is 12.3 Å². The average Bonchev–Trinajstić information content (AvgIpc) is 2.49. The van der Waals surface area contributed by atoms with Crippen LogP contribution in [0.15, 0.2) is 23.0 Å². The molecule has 1 atom stereocenters. The van der Waals surface area contributed by atoms with Crippen LogP contribution < -0.4 is 0 Å². The van der Waals surface area contributed by atoms with Gasteiger partial charge >= 0.3 is 82.0 Å². The Morgan fingerprint density at radius 1 is 1.50 bits per heavy atom. The normalized spacial score (nSPS) is 13.2. The van der Waals surface area contributed by atoms with Crippen molar-refractivity contribution in [2.45, 2.75) is 37.4 Å². The van der Waals surface area contributed by atoms with E-state index >= 15 is 0 Å². The molecule has 0 aliphatic rings. The van der Waals surface area contributed by atoms with Crippen molar-refractivity contribution in [1.82, 2.24) is 0 Å². The molecule has 2 heteroatoms. The van der Waals surface area contributed by atoms with Crippen molar-refractivity contribution in [3.05, 3.63) is 24.2 Å². The molecule has 1 rings (SSSR count). The standard InChI is InChI=1S/C10H16OSe/c1-9(12)4-2-3-5-10-6-7-11-8-10/h6-9,12H,2-5H2,1H3/t9-/m1/s1. The molecule has 0 saturated carbocycles. The molecule has 68 valence electrons. The van der Waals surface area contributed by atoms with Crippen molar-refractivity contribution in [2.75, 3.05) is 0 Å². The molecule has 12 heavy (non-hydrogen) atoms. The minimum absolute atomic E-state index is 0.779. The molecular weight excluding hydrogens is 215 g/mol. The molecular formula is C10H16OSe. The summed E-state index contributed by atoms with van der Waals surface area (Å²) in [5.41, 5.74) is 1.33. The van der Waals surface area contributed by atoms with Gasteiger partial charge in [-0.3, -0.25) is 0 Å². The van der Waals surface area contributed by atoms with Crippen LogP contribution in [0.5, 0.6) is 0 Å². The molecule has 0 bridgehead atoms. The number of hydrogen-bond donors (Lipinski definition) is 0. The molecule has 0 aliphatic heterocycles. The SMILES string of the molecule is C[C@@H]([SeH])CCCCc1ccoc1. The molecule has 0 saturated heterocycles. The monoisotopic (exact) mass is 232 g/mol. The molecule has 0 unspecified atom stereocenters. The molecule has 1 aromatic heterocycles. The molecule has 0 aliphatic carbocycles. The van der Waals surface area contributed by atoms with E-state index in [2.05, 4.69) is 22.9 Å². The molecule has 0 spiro atoms. The van der Waals surface area contributed by atoms with Crippen LogP contribution in [0.4, 0.5) is 0 Å². The second-order valence-electron chi connectivity index (χ2n) is 3.23. The topological polar surface area (TPSA) is 13.1 Å². The number of unbranched alkanes of at least 4 members (excludes halogenated alkanes) is 1. The van der Waals surface area contributed by atoms with Crippen LogP contribution in [0, 0.1) is 0 Å². The zero-order valence-corrected chi connectivity index (χ0v) is 9.37. The van der Waals surface area contributed by atoms with E-state index in [1.54, 1.807) is 6.26 Å². The summed E-state index contributed by atoms with van der Waals surface area (Å²) in [5, 5.41) is 0. The van der Waals surface area contributed by atoms with Crippen molar-refractivity contribution < 1.29 is 4.42 Å². The second-order valence-corrected chi connectivity index (χ2v) is 5.08. The summed E-state index contributed by atoms with van der Waals surface area (Å²) >= 11 is 2.70. The van der Waals surface area contributed by atoms with Gasteiger partial charge in [-0.25, -0.2) is 0 Å². The van der Waals surface area contributed by atoms with Crippen LogP contribution in [0.25, 0.3) is 0 Å². The predicted molar refractivity (Wildman–Crippen MR) is 52.8 cm³/mol. The number of furan rings is 1. The molecule has 0 N–H and O–H groups in total. The summed E-state index contributed by atoms with van der Waals surface area (Å²) in [6.45, 7) is 2.25. The van der Waals surface area contributed by atoms with E-state index in [9.17, 15) is 0 Å². The van der Waals surface area contributed by atoms with Crippen molar-refractivity contribution in [3.63, 3.8) is 0 Å². The van der Waals surface area contributed by atoms with Crippen LogP contribution in [0.3, 0.4) is 0 Å². The minimum atomic E-state index is 0.779. The summed E-state index contributed by atoms with van der Waals surface area (Å²) < 4.78 is 4.99. The van der Waals surface area contributed by atoms with Crippen molar-refractivity contribution in [1.29, 1.82) is 0 Å². The molecule has 0 fully saturated rings. The van der Waals surface area contributed by atoms with Gasteiger partial charge in [-0.15, -0.1) is 0 Å². The maximum absolute atomic E-state index is 4.99. The van der Waals surface area contributed by atoms with E-state index < -0.39 is 0 Å². The maximum atomic E-state index is 4.99. The van der Waals surface area contributed by atoms with Crippen LogP contribution in [0.1, 0.15) is 31.7 Å². The van der Waals surface area contributed by atoms with E-state index in [0.717, 1.165) is 11.2 Å². The first-order chi connectivity index (χ1) is 5.79. The first-order valence-corrected chi connectivity index (χ1v) is 5.56. The van der Waals surface area contributed by atoms with E-state index in [-0.39, 0.29) is 0 Å². The molecule has 1 aromatic rings. The van der Waals surface area contributed by atoms with Crippen molar-refractivity contribution in [2.24, 2.45) is 0 Å². The van der Waals surface area contributed by atoms with Gasteiger partial charge < -0.3 is 0 Å². The fourth-order valence-electron chi connectivity index (χ4n) is 1.20. The molecule has 1 heterocycles. The Hall–Kier alpha value is -0.201. The van der Waals surface area contributed by atoms with Gasteiger partial charge in [0.2, 0.25) is 0 Å². The van der Waals surface area contributed by atoms with Crippen LogP contribution >= 0.6 is 0 Å². The summed E-state index contributed by atoms with van der Waals surface area (Å²) in [7, 11) is 0. The van der Waals surface area contributed by atoms with Crippen molar-refractivity contribution in [3.8, 4) is 0 Å². The molecule has 0 radical (unpaired) electrons. The number of hydrogen-bond acceptors (Lipinski definition) is 1. The third-order valence-corrected chi connectivity index (χ3v) is 2.46. The van der Waals surface area contributed by atoms with E-state index in [1.165, 1.54) is 24.8 Å². The summed E-state index contributed by atoms with van der Waals surface area (Å²) in [6, 6.07) is 2.05. The summed E-state index contributed by atoms with van der Waals surface area (Å²) in [5.74, 6) is 0. The quantitative estimate of drug-likeness (QED) is 0.561. The summed E-state index contributed by atoms with van der Waals surface area (Å²) in [4.78, 5) is 0.779. The Labute approximate surface area is 82.4 Å². The van der Waals surface area contributed by atoms with Crippen LogP contribution in [-0.2, 0) is 6.42 Å². The van der Waals surface area contributed by atoms with Gasteiger partial charge in [-0.1, -0.05) is 0 Å². The molecule has 0 aromatic carbocycles. The molecule has 0 amide bonds. The predicted octanol–water partition coefficient (Wildman–Crippen LogP) is 2.70. The van der Waals surface area contributed by atoms with E-state index in [0.29, 0.717) is 0 Å². The first-order valence-electron chi connectivity index (χ1n) is 4.48. The first kappa shape index (κ1) is 9.88. The average molecular weight is 231 g/mol. The number of rotatable bonds is 5. The fourth-order valence-corrected chi connectivity index (χ4v) is 1.59. The summed E-state index contributed by atoms with van der Waals surface area (Å²) in [6.07, 6.45) is 8.66. The van der Waals surface area contributed by atoms with Gasteiger partial charge in [0, 0.05) is 0 Å². The zero-order valence-electron chi connectivity index (χ0n) is 7.49. The second kappa shape index (κ2) is 5.45. The Kier molecular flexibility index (Phi) is 4.49. The third kappa shape index (κ3) is 3.98. The van der Waals surface area contributed by atoms with Gasteiger partial charge in [0.1, 0.15) is 0 Å². The van der Waals surface area contributed by atoms with Gasteiger partial charge in [0.05, 0.1) is 0 Å². The van der Waals surface area contributed by atoms with Crippen LogP contribution in [-0.4, -0.2) is 16.0 Å². The van der Waals surface area contributed by atoms with Crippen LogP contribution in [0.2, 0.25) is 4.82 Å². The van der Waals surface area contributed by atoms with Gasteiger partial charge in [-0.2, -0.15) is 0 Å².